The van der Waals surface area contributed by atoms with E-state index in [-0.39, 0.29) is 6.42 Å². The topological polar surface area (TPSA) is 37.3 Å². The molecule has 76 valence electrons. The van der Waals surface area contributed by atoms with E-state index < -0.39 is 5.97 Å². The smallest absolute Gasteiger partial charge is 0.303 e. The van der Waals surface area contributed by atoms with E-state index in [1.165, 1.54) is 4.88 Å². The van der Waals surface area contributed by atoms with E-state index in [0.717, 1.165) is 10.2 Å². The molecule has 0 radical (unpaired) electrons. The minimum Gasteiger partial charge on any atom is -0.481 e. The molecule has 0 aliphatic rings. The molecule has 0 aliphatic heterocycles. The highest BCUT2D eigenvalue weighted by Gasteiger charge is 1.94. The van der Waals surface area contributed by atoms with Gasteiger partial charge in [-0.2, -0.15) is 0 Å². The van der Waals surface area contributed by atoms with Crippen LogP contribution in [0.3, 0.4) is 0 Å². The molecule has 4 heteroatoms. The second-order valence-electron chi connectivity index (χ2n) is 2.83. The standard InChI is InChI=1S/C10H11BrO2S/c11-9-7-6-8(14-9)4-2-1-3-5-10(12)13/h2,4,6-7H,1,3,5H2,(H,12,13)/b4-2+. The SMILES string of the molecule is O=C(O)CCC/C=C/c1ccc(Br)s1. The number of rotatable bonds is 5. The Morgan fingerprint density at radius 2 is 2.36 bits per heavy atom. The van der Waals surface area contributed by atoms with Gasteiger partial charge in [0.1, 0.15) is 0 Å². The molecule has 0 bridgehead atoms. The number of halogens is 1. The monoisotopic (exact) mass is 274 g/mol. The van der Waals surface area contributed by atoms with Crippen molar-refractivity contribution in [2.24, 2.45) is 0 Å². The predicted molar refractivity (Wildman–Crippen MR) is 62.5 cm³/mol. The highest BCUT2D eigenvalue weighted by Crippen LogP contribution is 2.23. The number of unbranched alkanes of at least 4 members (excludes halogenated alkanes) is 1. The van der Waals surface area contributed by atoms with Gasteiger partial charge in [-0.3, -0.25) is 4.79 Å². The van der Waals surface area contributed by atoms with E-state index in [2.05, 4.69) is 15.9 Å². The molecule has 0 fully saturated rings. The Kier molecular flexibility index (Phi) is 4.90. The molecule has 14 heavy (non-hydrogen) atoms. The molecule has 1 aromatic rings. The number of carboxylic acid groups (broad SMARTS) is 1. The third-order valence-corrected chi connectivity index (χ3v) is 3.23. The van der Waals surface area contributed by atoms with Gasteiger partial charge in [-0.05, 0) is 47.0 Å². The molecular weight excluding hydrogens is 264 g/mol. The van der Waals surface area contributed by atoms with E-state index in [0.29, 0.717) is 6.42 Å². The Bertz CT molecular complexity index is 331. The van der Waals surface area contributed by atoms with Gasteiger partial charge in [0.25, 0.3) is 0 Å². The van der Waals surface area contributed by atoms with Gasteiger partial charge in [-0.15, -0.1) is 11.3 Å². The molecule has 0 aromatic carbocycles. The lowest BCUT2D eigenvalue weighted by Gasteiger charge is -1.89. The molecule has 0 saturated heterocycles. The van der Waals surface area contributed by atoms with Gasteiger partial charge in [0.2, 0.25) is 0 Å². The first-order valence-electron chi connectivity index (χ1n) is 4.32. The number of thiophene rings is 1. The highest BCUT2D eigenvalue weighted by molar-refractivity contribution is 9.11. The summed E-state index contributed by atoms with van der Waals surface area (Å²) in [6.07, 6.45) is 5.82. The average molecular weight is 275 g/mol. The van der Waals surface area contributed by atoms with Crippen molar-refractivity contribution in [3.8, 4) is 0 Å². The van der Waals surface area contributed by atoms with Crippen LogP contribution in [0.25, 0.3) is 6.08 Å². The van der Waals surface area contributed by atoms with Crippen molar-refractivity contribution in [1.29, 1.82) is 0 Å². The molecule has 0 saturated carbocycles. The van der Waals surface area contributed by atoms with Crippen molar-refractivity contribution < 1.29 is 9.90 Å². The van der Waals surface area contributed by atoms with Crippen LogP contribution in [0.5, 0.6) is 0 Å². The van der Waals surface area contributed by atoms with Crippen molar-refractivity contribution >= 4 is 39.3 Å². The number of allylic oxidation sites excluding steroid dienone is 1. The molecule has 0 spiro atoms. The number of hydrogen-bond donors (Lipinski definition) is 1. The quantitative estimate of drug-likeness (QED) is 0.830. The van der Waals surface area contributed by atoms with Crippen molar-refractivity contribution in [3.05, 3.63) is 26.9 Å². The van der Waals surface area contributed by atoms with E-state index in [1.54, 1.807) is 11.3 Å². The maximum absolute atomic E-state index is 10.2. The lowest BCUT2D eigenvalue weighted by atomic mass is 10.2. The van der Waals surface area contributed by atoms with Crippen molar-refractivity contribution in [1.82, 2.24) is 0 Å². The summed E-state index contributed by atoms with van der Waals surface area (Å²) in [6, 6.07) is 4.03. The third-order valence-electron chi connectivity index (χ3n) is 1.64. The molecular formula is C10H11BrO2S. The largest absolute Gasteiger partial charge is 0.481 e. The first-order valence-corrected chi connectivity index (χ1v) is 5.93. The summed E-state index contributed by atoms with van der Waals surface area (Å²) in [4.78, 5) is 11.4. The summed E-state index contributed by atoms with van der Waals surface area (Å²) in [5.74, 6) is -0.725. The van der Waals surface area contributed by atoms with Crippen LogP contribution in [-0.4, -0.2) is 11.1 Å². The lowest BCUT2D eigenvalue weighted by molar-refractivity contribution is -0.137. The highest BCUT2D eigenvalue weighted by atomic mass is 79.9. The van der Waals surface area contributed by atoms with E-state index in [4.69, 9.17) is 5.11 Å². The zero-order valence-electron chi connectivity index (χ0n) is 7.57. The van der Waals surface area contributed by atoms with Gasteiger partial charge in [0, 0.05) is 11.3 Å². The number of hydrogen-bond acceptors (Lipinski definition) is 2. The number of carboxylic acids is 1. The Morgan fingerprint density at radius 3 is 2.93 bits per heavy atom. The van der Waals surface area contributed by atoms with Gasteiger partial charge in [0.05, 0.1) is 3.79 Å². The maximum Gasteiger partial charge on any atom is 0.303 e. The Morgan fingerprint density at radius 1 is 1.57 bits per heavy atom. The average Bonchev–Trinajstić information content (AvgIpc) is 2.50. The molecule has 1 N–H and O–H groups in total. The van der Waals surface area contributed by atoms with Gasteiger partial charge in [0.15, 0.2) is 0 Å². The Labute approximate surface area is 95.4 Å². The molecule has 0 unspecified atom stereocenters. The zero-order chi connectivity index (χ0) is 10.4. The van der Waals surface area contributed by atoms with Gasteiger partial charge < -0.3 is 5.11 Å². The van der Waals surface area contributed by atoms with Crippen LogP contribution < -0.4 is 0 Å². The van der Waals surface area contributed by atoms with E-state index >= 15 is 0 Å². The molecule has 0 aliphatic carbocycles. The van der Waals surface area contributed by atoms with Crippen molar-refractivity contribution in [2.45, 2.75) is 19.3 Å². The minimum atomic E-state index is -0.725. The lowest BCUT2D eigenvalue weighted by Crippen LogP contribution is -1.92. The van der Waals surface area contributed by atoms with Crippen LogP contribution in [0.2, 0.25) is 0 Å². The Balaban J connectivity index is 2.24. The van der Waals surface area contributed by atoms with E-state index in [9.17, 15) is 4.79 Å². The molecule has 1 heterocycles. The second-order valence-corrected chi connectivity index (χ2v) is 5.32. The van der Waals surface area contributed by atoms with Gasteiger partial charge in [-0.1, -0.05) is 6.08 Å². The van der Waals surface area contributed by atoms with Crippen LogP contribution in [-0.2, 0) is 4.79 Å². The van der Waals surface area contributed by atoms with Crippen LogP contribution in [0.15, 0.2) is 22.0 Å². The molecule has 0 amide bonds. The predicted octanol–water partition coefficient (Wildman–Crippen LogP) is 3.78. The fourth-order valence-electron chi connectivity index (χ4n) is 0.988. The summed E-state index contributed by atoms with van der Waals surface area (Å²) < 4.78 is 1.11. The zero-order valence-corrected chi connectivity index (χ0v) is 9.97. The molecule has 0 atom stereocenters. The third kappa shape index (κ3) is 4.58. The molecule has 1 aromatic heterocycles. The molecule has 1 rings (SSSR count). The summed E-state index contributed by atoms with van der Waals surface area (Å²) in [7, 11) is 0. The van der Waals surface area contributed by atoms with E-state index in [1.807, 2.05) is 24.3 Å². The van der Waals surface area contributed by atoms with Gasteiger partial charge >= 0.3 is 5.97 Å². The first-order chi connectivity index (χ1) is 6.68. The van der Waals surface area contributed by atoms with Crippen molar-refractivity contribution in [3.63, 3.8) is 0 Å². The fraction of sp³-hybridized carbons (Fsp3) is 0.300. The summed E-state index contributed by atoms with van der Waals surface area (Å²) in [6.45, 7) is 0. The normalized spacial score (nSPS) is 10.9. The molecule has 2 nitrogen and oxygen atoms in total. The summed E-state index contributed by atoms with van der Waals surface area (Å²) >= 11 is 5.05. The summed E-state index contributed by atoms with van der Waals surface area (Å²) in [5, 5.41) is 8.40. The number of aliphatic carboxylic acids is 1. The fourth-order valence-corrected chi connectivity index (χ4v) is 2.34. The van der Waals surface area contributed by atoms with Crippen molar-refractivity contribution in [2.75, 3.05) is 0 Å². The van der Waals surface area contributed by atoms with Crippen LogP contribution in [0.4, 0.5) is 0 Å². The van der Waals surface area contributed by atoms with Crippen LogP contribution >= 0.6 is 27.3 Å². The first kappa shape index (κ1) is 11.5. The van der Waals surface area contributed by atoms with Crippen LogP contribution in [0.1, 0.15) is 24.1 Å². The minimum absolute atomic E-state index is 0.248. The Hall–Kier alpha value is -0.610. The van der Waals surface area contributed by atoms with Crippen LogP contribution in [0, 0.1) is 0 Å². The number of carbonyl (C=O) groups is 1. The second kappa shape index (κ2) is 5.98. The summed E-state index contributed by atoms with van der Waals surface area (Å²) in [5.41, 5.74) is 0. The maximum atomic E-state index is 10.2. The van der Waals surface area contributed by atoms with Gasteiger partial charge in [-0.25, -0.2) is 0 Å².